The summed E-state index contributed by atoms with van der Waals surface area (Å²) in [4.78, 5) is 12.4. The Morgan fingerprint density at radius 2 is 2.32 bits per heavy atom. The monoisotopic (exact) mass is 276 g/mol. The molecule has 1 aromatic carbocycles. The number of hydrogen-bond acceptors (Lipinski definition) is 3. The van der Waals surface area contributed by atoms with Gasteiger partial charge in [0.2, 0.25) is 5.91 Å². The molecule has 2 aliphatic rings. The third-order valence-corrected chi connectivity index (χ3v) is 5.52. The summed E-state index contributed by atoms with van der Waals surface area (Å²) in [5.74, 6) is 1.25. The molecule has 2 N–H and O–H groups in total. The largest absolute Gasteiger partial charge is 0.385 e. The summed E-state index contributed by atoms with van der Waals surface area (Å²) in [6, 6.07) is 6.19. The Morgan fingerprint density at radius 3 is 3.11 bits per heavy atom. The van der Waals surface area contributed by atoms with Gasteiger partial charge in [-0.2, -0.15) is 0 Å². The molecule has 1 amide bonds. The van der Waals surface area contributed by atoms with Crippen molar-refractivity contribution < 1.29 is 4.79 Å². The number of carbonyl (C=O) groups excluding carboxylic acids is 1. The van der Waals surface area contributed by atoms with E-state index in [1.54, 1.807) is 11.8 Å². The van der Waals surface area contributed by atoms with Gasteiger partial charge in [0.25, 0.3) is 0 Å². The first-order valence-corrected chi connectivity index (χ1v) is 7.98. The van der Waals surface area contributed by atoms with Crippen molar-refractivity contribution in [1.82, 2.24) is 0 Å². The van der Waals surface area contributed by atoms with Crippen LogP contribution in [-0.2, 0) is 11.2 Å². The lowest BCUT2D eigenvalue weighted by Crippen LogP contribution is -2.34. The predicted octanol–water partition coefficient (Wildman–Crippen LogP) is 3.27. The molecule has 1 atom stereocenters. The number of anilines is 2. The molecule has 1 unspecified atom stereocenters. The van der Waals surface area contributed by atoms with E-state index in [1.165, 1.54) is 11.3 Å². The van der Waals surface area contributed by atoms with Crippen molar-refractivity contribution >= 4 is 29.0 Å². The minimum atomic E-state index is -0.242. The molecule has 0 spiro atoms. The van der Waals surface area contributed by atoms with Gasteiger partial charge in [-0.3, -0.25) is 4.79 Å². The lowest BCUT2D eigenvalue weighted by Gasteiger charge is -2.23. The van der Waals surface area contributed by atoms with Crippen molar-refractivity contribution in [3.63, 3.8) is 0 Å². The normalized spacial score (nSPS) is 25.5. The zero-order chi connectivity index (χ0) is 13.3. The van der Waals surface area contributed by atoms with Gasteiger partial charge in [-0.05, 0) is 62.1 Å². The number of aryl methyl sites for hydroxylation is 1. The van der Waals surface area contributed by atoms with Gasteiger partial charge < -0.3 is 10.6 Å². The quantitative estimate of drug-likeness (QED) is 0.871. The van der Waals surface area contributed by atoms with Crippen LogP contribution >= 0.6 is 11.8 Å². The molecule has 0 bridgehead atoms. The van der Waals surface area contributed by atoms with E-state index in [9.17, 15) is 4.79 Å². The van der Waals surface area contributed by atoms with Gasteiger partial charge in [0.1, 0.15) is 0 Å². The van der Waals surface area contributed by atoms with Crippen molar-refractivity contribution in [3.05, 3.63) is 23.8 Å². The number of nitrogens with one attached hydrogen (secondary N) is 2. The molecule has 1 saturated heterocycles. The van der Waals surface area contributed by atoms with Crippen LogP contribution in [0.3, 0.4) is 0 Å². The van der Waals surface area contributed by atoms with E-state index in [4.69, 9.17) is 0 Å². The Labute approximate surface area is 118 Å². The molecule has 2 heterocycles. The highest BCUT2D eigenvalue weighted by Crippen LogP contribution is 2.38. The Hall–Kier alpha value is -1.16. The molecule has 3 rings (SSSR count). The van der Waals surface area contributed by atoms with E-state index in [0.717, 1.165) is 43.7 Å². The van der Waals surface area contributed by atoms with Crippen molar-refractivity contribution in [3.8, 4) is 0 Å². The third kappa shape index (κ3) is 2.59. The van der Waals surface area contributed by atoms with Gasteiger partial charge in [0, 0.05) is 17.9 Å². The number of hydrogen-bond donors (Lipinski definition) is 2. The fourth-order valence-corrected chi connectivity index (χ4v) is 3.98. The molecular formula is C15H20N2OS. The number of fused-ring (bicyclic) bond motifs is 1. The van der Waals surface area contributed by atoms with Gasteiger partial charge in [-0.1, -0.05) is 0 Å². The highest BCUT2D eigenvalue weighted by atomic mass is 32.2. The molecule has 102 valence electrons. The van der Waals surface area contributed by atoms with Crippen LogP contribution < -0.4 is 10.6 Å². The second-order valence-electron chi connectivity index (χ2n) is 5.54. The summed E-state index contributed by atoms with van der Waals surface area (Å²) < 4.78 is -0.242. The Kier molecular flexibility index (Phi) is 3.44. The van der Waals surface area contributed by atoms with Crippen LogP contribution in [0.5, 0.6) is 0 Å². The predicted molar refractivity (Wildman–Crippen MR) is 82.0 cm³/mol. The summed E-state index contributed by atoms with van der Waals surface area (Å²) in [5, 5.41) is 6.48. The second kappa shape index (κ2) is 5.08. The maximum Gasteiger partial charge on any atom is 0.240 e. The molecule has 1 fully saturated rings. The van der Waals surface area contributed by atoms with Gasteiger partial charge in [0.15, 0.2) is 0 Å². The second-order valence-corrected chi connectivity index (χ2v) is 7.14. The zero-order valence-corrected chi connectivity index (χ0v) is 12.1. The van der Waals surface area contributed by atoms with E-state index in [0.29, 0.717) is 0 Å². The van der Waals surface area contributed by atoms with Crippen molar-refractivity contribution in [2.45, 2.75) is 37.4 Å². The molecule has 0 aromatic heterocycles. The Bertz CT molecular complexity index is 495. The van der Waals surface area contributed by atoms with Gasteiger partial charge >= 0.3 is 0 Å². The molecular weight excluding hydrogens is 256 g/mol. The number of benzene rings is 1. The smallest absolute Gasteiger partial charge is 0.240 e. The van der Waals surface area contributed by atoms with E-state index in [-0.39, 0.29) is 10.7 Å². The van der Waals surface area contributed by atoms with Crippen LogP contribution in [0.15, 0.2) is 18.2 Å². The number of rotatable bonds is 2. The first-order chi connectivity index (χ1) is 9.17. The minimum absolute atomic E-state index is 0.152. The van der Waals surface area contributed by atoms with Gasteiger partial charge in [-0.25, -0.2) is 0 Å². The summed E-state index contributed by atoms with van der Waals surface area (Å²) in [6.07, 6.45) is 4.38. The molecule has 0 saturated carbocycles. The van der Waals surface area contributed by atoms with Crippen LogP contribution in [0.4, 0.5) is 11.4 Å². The lowest BCUT2D eigenvalue weighted by atomic mass is 10.0. The number of amides is 1. The Balaban J connectivity index is 1.74. The van der Waals surface area contributed by atoms with Crippen LogP contribution in [-0.4, -0.2) is 23.0 Å². The number of carbonyl (C=O) groups is 1. The molecule has 4 heteroatoms. The summed E-state index contributed by atoms with van der Waals surface area (Å²) in [7, 11) is 0. The molecule has 3 nitrogen and oxygen atoms in total. The number of thioether (sulfide) groups is 1. The highest BCUT2D eigenvalue weighted by molar-refractivity contribution is 8.01. The van der Waals surface area contributed by atoms with Crippen LogP contribution in [0.25, 0.3) is 0 Å². The summed E-state index contributed by atoms with van der Waals surface area (Å²) in [6.45, 7) is 3.10. The SMILES string of the molecule is CC1(C(=O)Nc2ccc3c(c2)CCCN3)CCCS1. The molecule has 0 radical (unpaired) electrons. The molecule has 0 aliphatic carbocycles. The highest BCUT2D eigenvalue weighted by Gasteiger charge is 2.37. The minimum Gasteiger partial charge on any atom is -0.385 e. The topological polar surface area (TPSA) is 41.1 Å². The summed E-state index contributed by atoms with van der Waals surface area (Å²) >= 11 is 1.78. The Morgan fingerprint density at radius 1 is 1.42 bits per heavy atom. The maximum atomic E-state index is 12.4. The maximum absolute atomic E-state index is 12.4. The zero-order valence-electron chi connectivity index (χ0n) is 11.3. The average Bonchev–Trinajstić information content (AvgIpc) is 2.87. The fourth-order valence-electron chi connectivity index (χ4n) is 2.77. The van der Waals surface area contributed by atoms with Crippen LogP contribution in [0, 0.1) is 0 Å². The molecule has 2 aliphatic heterocycles. The average molecular weight is 276 g/mol. The van der Waals surface area contributed by atoms with Crippen LogP contribution in [0.2, 0.25) is 0 Å². The van der Waals surface area contributed by atoms with E-state index >= 15 is 0 Å². The molecule has 19 heavy (non-hydrogen) atoms. The van der Waals surface area contributed by atoms with Crippen molar-refractivity contribution in [1.29, 1.82) is 0 Å². The van der Waals surface area contributed by atoms with Gasteiger partial charge in [0.05, 0.1) is 4.75 Å². The van der Waals surface area contributed by atoms with E-state index in [1.807, 2.05) is 6.07 Å². The van der Waals surface area contributed by atoms with E-state index in [2.05, 4.69) is 29.7 Å². The van der Waals surface area contributed by atoms with Gasteiger partial charge in [-0.15, -0.1) is 11.8 Å². The van der Waals surface area contributed by atoms with Crippen molar-refractivity contribution in [2.75, 3.05) is 22.9 Å². The fraction of sp³-hybridized carbons (Fsp3) is 0.533. The lowest BCUT2D eigenvalue weighted by molar-refractivity contribution is -0.118. The van der Waals surface area contributed by atoms with E-state index < -0.39 is 0 Å². The molecule has 1 aromatic rings. The first kappa shape index (κ1) is 12.9. The first-order valence-electron chi connectivity index (χ1n) is 7.00. The summed E-state index contributed by atoms with van der Waals surface area (Å²) in [5.41, 5.74) is 3.46. The standard InChI is InChI=1S/C15H20N2OS/c1-15(7-3-9-19-15)14(18)17-12-5-6-13-11(10-12)4-2-8-16-13/h5-6,10,16H,2-4,7-9H2,1H3,(H,17,18). The van der Waals surface area contributed by atoms with Crippen molar-refractivity contribution in [2.24, 2.45) is 0 Å². The third-order valence-electron chi connectivity index (χ3n) is 4.00. The van der Waals surface area contributed by atoms with Crippen LogP contribution in [0.1, 0.15) is 31.7 Å².